The van der Waals surface area contributed by atoms with Gasteiger partial charge in [-0.1, -0.05) is 11.8 Å². The molecule has 7 nitrogen and oxygen atoms in total. The molecule has 0 unspecified atom stereocenters. The molecule has 0 aliphatic rings. The minimum absolute atomic E-state index is 0.144. The predicted molar refractivity (Wildman–Crippen MR) is 110 cm³/mol. The van der Waals surface area contributed by atoms with Gasteiger partial charge < -0.3 is 14.8 Å². The second-order valence-electron chi connectivity index (χ2n) is 6.02. The third kappa shape index (κ3) is 5.55. The number of methoxy groups -OCH3 is 2. The van der Waals surface area contributed by atoms with Gasteiger partial charge in [0.25, 0.3) is 0 Å². The van der Waals surface area contributed by atoms with Gasteiger partial charge in [0, 0.05) is 18.4 Å². The fraction of sp³-hybridized carbons (Fsp3) is 0.250. The van der Waals surface area contributed by atoms with Crippen molar-refractivity contribution >= 4 is 23.4 Å². The van der Waals surface area contributed by atoms with Crippen molar-refractivity contribution in [2.75, 3.05) is 31.9 Å². The lowest BCUT2D eigenvalue weighted by Crippen LogP contribution is -2.15. The predicted octanol–water partition coefficient (Wildman–Crippen LogP) is 3.47. The molecular weight excluding hydrogens is 395 g/mol. The minimum Gasteiger partial charge on any atom is -0.497 e. The zero-order valence-corrected chi connectivity index (χ0v) is 16.9. The molecule has 0 aliphatic carbocycles. The Balaban J connectivity index is 1.71. The molecule has 9 heteroatoms. The van der Waals surface area contributed by atoms with Gasteiger partial charge in [-0.25, -0.2) is 4.39 Å². The van der Waals surface area contributed by atoms with Crippen LogP contribution in [0.2, 0.25) is 0 Å². The summed E-state index contributed by atoms with van der Waals surface area (Å²) in [7, 11) is 3.24. The number of nitrogens with zero attached hydrogens (tertiary/aromatic N) is 3. The zero-order chi connectivity index (χ0) is 20.6. The number of halogens is 1. The van der Waals surface area contributed by atoms with E-state index >= 15 is 0 Å². The summed E-state index contributed by atoms with van der Waals surface area (Å²) >= 11 is 1.27. The first-order valence-electron chi connectivity index (χ1n) is 8.85. The molecule has 1 heterocycles. The molecule has 29 heavy (non-hydrogen) atoms. The van der Waals surface area contributed by atoms with Gasteiger partial charge in [0.15, 0.2) is 11.0 Å². The average Bonchev–Trinajstić information content (AvgIpc) is 3.15. The van der Waals surface area contributed by atoms with Crippen molar-refractivity contribution in [3.05, 3.63) is 54.3 Å². The first-order chi connectivity index (χ1) is 14.1. The molecule has 0 fully saturated rings. The van der Waals surface area contributed by atoms with E-state index in [2.05, 4.69) is 15.5 Å². The van der Waals surface area contributed by atoms with E-state index in [9.17, 15) is 9.18 Å². The first-order valence-corrected chi connectivity index (χ1v) is 9.84. The Hall–Kier alpha value is -2.91. The molecule has 3 aromatic rings. The summed E-state index contributed by atoms with van der Waals surface area (Å²) in [4.78, 5) is 12.2. The highest BCUT2D eigenvalue weighted by atomic mass is 32.2. The van der Waals surface area contributed by atoms with Gasteiger partial charge >= 0.3 is 0 Å². The molecule has 0 bridgehead atoms. The number of carbonyl (C=O) groups excluding carboxylic acids is 1. The number of hydrogen-bond donors (Lipinski definition) is 1. The second kappa shape index (κ2) is 10.0. The SMILES string of the molecule is COCCn1c(SCC(=O)Nc2ccc(F)cc2)nnc1-c1ccc(OC)cc1. The highest BCUT2D eigenvalue weighted by molar-refractivity contribution is 7.99. The molecule has 1 amide bonds. The molecule has 0 atom stereocenters. The van der Waals surface area contributed by atoms with Crippen molar-refractivity contribution in [1.82, 2.24) is 14.8 Å². The lowest BCUT2D eigenvalue weighted by molar-refractivity contribution is -0.113. The molecule has 0 radical (unpaired) electrons. The molecule has 3 rings (SSSR count). The minimum atomic E-state index is -0.352. The summed E-state index contributed by atoms with van der Waals surface area (Å²) in [6.45, 7) is 1.03. The topological polar surface area (TPSA) is 78.3 Å². The van der Waals surface area contributed by atoms with Crippen LogP contribution in [0.3, 0.4) is 0 Å². The van der Waals surface area contributed by atoms with Crippen LogP contribution >= 0.6 is 11.8 Å². The maximum Gasteiger partial charge on any atom is 0.234 e. The second-order valence-corrected chi connectivity index (χ2v) is 6.97. The van der Waals surface area contributed by atoms with Gasteiger partial charge in [0.05, 0.1) is 26.0 Å². The van der Waals surface area contributed by atoms with E-state index in [1.165, 1.54) is 36.0 Å². The highest BCUT2D eigenvalue weighted by Gasteiger charge is 2.16. The number of anilines is 1. The summed E-state index contributed by atoms with van der Waals surface area (Å²) in [6.07, 6.45) is 0. The zero-order valence-electron chi connectivity index (χ0n) is 16.1. The van der Waals surface area contributed by atoms with Gasteiger partial charge in [0.2, 0.25) is 5.91 Å². The van der Waals surface area contributed by atoms with E-state index in [1.54, 1.807) is 14.2 Å². The normalized spacial score (nSPS) is 10.7. The largest absolute Gasteiger partial charge is 0.497 e. The van der Waals surface area contributed by atoms with E-state index in [1.807, 2.05) is 28.8 Å². The first kappa shape index (κ1) is 20.8. The lowest BCUT2D eigenvalue weighted by atomic mass is 10.2. The van der Waals surface area contributed by atoms with Crippen molar-refractivity contribution in [2.24, 2.45) is 0 Å². The van der Waals surface area contributed by atoms with E-state index < -0.39 is 0 Å². The third-order valence-corrected chi connectivity index (χ3v) is 5.01. The standard InChI is InChI=1S/C20H21FN4O3S/c1-27-12-11-25-19(14-3-9-17(28-2)10-4-14)23-24-20(25)29-13-18(26)22-16-7-5-15(21)6-8-16/h3-10H,11-13H2,1-2H3,(H,22,26). The van der Waals surface area contributed by atoms with Crippen LogP contribution in [0.5, 0.6) is 5.75 Å². The Bertz CT molecular complexity index is 945. The number of ether oxygens (including phenoxy) is 2. The van der Waals surface area contributed by atoms with E-state index in [0.29, 0.717) is 29.8 Å². The van der Waals surface area contributed by atoms with Gasteiger partial charge in [-0.05, 0) is 48.5 Å². The van der Waals surface area contributed by atoms with Crippen LogP contribution in [0, 0.1) is 5.82 Å². The van der Waals surface area contributed by atoms with Crippen LogP contribution in [0.25, 0.3) is 11.4 Å². The quantitative estimate of drug-likeness (QED) is 0.538. The molecule has 0 spiro atoms. The molecule has 0 saturated carbocycles. The van der Waals surface area contributed by atoms with Crippen molar-refractivity contribution < 1.29 is 18.7 Å². The van der Waals surface area contributed by atoms with Crippen LogP contribution < -0.4 is 10.1 Å². The Kier molecular flexibility index (Phi) is 7.20. The summed E-state index contributed by atoms with van der Waals surface area (Å²) in [5.41, 5.74) is 1.42. The molecule has 152 valence electrons. The fourth-order valence-electron chi connectivity index (χ4n) is 2.59. The van der Waals surface area contributed by atoms with Crippen molar-refractivity contribution in [2.45, 2.75) is 11.7 Å². The van der Waals surface area contributed by atoms with Gasteiger partial charge in [-0.2, -0.15) is 0 Å². The molecule has 2 aromatic carbocycles. The number of amides is 1. The molecule has 0 saturated heterocycles. The maximum atomic E-state index is 13.0. The molecule has 1 N–H and O–H groups in total. The maximum absolute atomic E-state index is 13.0. The van der Waals surface area contributed by atoms with Crippen LogP contribution in [0.1, 0.15) is 0 Å². The van der Waals surface area contributed by atoms with E-state index in [4.69, 9.17) is 9.47 Å². The van der Waals surface area contributed by atoms with Gasteiger partial charge in [-0.3, -0.25) is 9.36 Å². The molecule has 0 aliphatic heterocycles. The van der Waals surface area contributed by atoms with Crippen LogP contribution in [-0.2, 0) is 16.1 Å². The number of nitrogens with one attached hydrogen (secondary N) is 1. The number of aromatic nitrogens is 3. The van der Waals surface area contributed by atoms with Gasteiger partial charge in [-0.15, -0.1) is 10.2 Å². The van der Waals surface area contributed by atoms with Crippen molar-refractivity contribution in [3.63, 3.8) is 0 Å². The van der Waals surface area contributed by atoms with Crippen LogP contribution in [-0.4, -0.2) is 47.3 Å². The number of benzene rings is 2. The number of rotatable bonds is 9. The summed E-state index contributed by atoms with van der Waals surface area (Å²) in [5.74, 6) is 1.02. The number of thioether (sulfide) groups is 1. The summed E-state index contributed by atoms with van der Waals surface area (Å²) < 4.78 is 25.3. The monoisotopic (exact) mass is 416 g/mol. The van der Waals surface area contributed by atoms with Crippen molar-refractivity contribution in [3.8, 4) is 17.1 Å². The Morgan fingerprint density at radius 3 is 2.48 bits per heavy atom. The Morgan fingerprint density at radius 2 is 1.83 bits per heavy atom. The van der Waals surface area contributed by atoms with Crippen LogP contribution in [0.15, 0.2) is 53.7 Å². The highest BCUT2D eigenvalue weighted by Crippen LogP contribution is 2.25. The number of carbonyl (C=O) groups is 1. The van der Waals surface area contributed by atoms with Gasteiger partial charge in [0.1, 0.15) is 11.6 Å². The fourth-order valence-corrected chi connectivity index (χ4v) is 3.36. The third-order valence-electron chi connectivity index (χ3n) is 4.04. The molecular formula is C20H21FN4O3S. The Labute approximate surface area is 172 Å². The Morgan fingerprint density at radius 1 is 1.10 bits per heavy atom. The summed E-state index contributed by atoms with van der Waals surface area (Å²) in [5, 5.41) is 11.9. The average molecular weight is 416 g/mol. The molecule has 1 aromatic heterocycles. The smallest absolute Gasteiger partial charge is 0.234 e. The van der Waals surface area contributed by atoms with E-state index in [-0.39, 0.29) is 17.5 Å². The van der Waals surface area contributed by atoms with Crippen molar-refractivity contribution in [1.29, 1.82) is 0 Å². The van der Waals surface area contributed by atoms with E-state index in [0.717, 1.165) is 11.3 Å². The summed E-state index contributed by atoms with van der Waals surface area (Å²) in [6, 6.07) is 13.1. The number of hydrogen-bond acceptors (Lipinski definition) is 6. The van der Waals surface area contributed by atoms with Crippen LogP contribution in [0.4, 0.5) is 10.1 Å². The lowest BCUT2D eigenvalue weighted by Gasteiger charge is -2.10.